The van der Waals surface area contributed by atoms with E-state index in [1.165, 1.54) is 0 Å². The van der Waals surface area contributed by atoms with Crippen molar-refractivity contribution in [2.24, 2.45) is 5.73 Å². The molecule has 0 aromatic carbocycles. The van der Waals surface area contributed by atoms with Gasteiger partial charge in [0.15, 0.2) is 0 Å². The maximum atomic E-state index is 10.8. The van der Waals surface area contributed by atoms with Gasteiger partial charge in [-0.3, -0.25) is 4.79 Å². The fourth-order valence-corrected chi connectivity index (χ4v) is 1.76. The molecule has 0 saturated heterocycles. The molecule has 0 aromatic heterocycles. The largest absolute Gasteiger partial charge is 0.369 e. The molecule has 0 spiro atoms. The first-order valence-electron chi connectivity index (χ1n) is 3.12. The molecule has 0 heterocycles. The summed E-state index contributed by atoms with van der Waals surface area (Å²) in [6.45, 7) is 3.33. The number of carbonyl (C=O) groups excluding carboxylic acids is 1. The van der Waals surface area contributed by atoms with Crippen LogP contribution in [0.15, 0.2) is 0 Å². The number of nitrogens with one attached hydrogen (secondary N) is 1. The van der Waals surface area contributed by atoms with Gasteiger partial charge in [-0.15, -0.1) is 0 Å². The average molecular weight is 180 g/mol. The third-order valence-electron chi connectivity index (χ3n) is 0.748. The molecule has 0 fully saturated rings. The quantitative estimate of drug-likeness (QED) is 0.569. The summed E-state index contributed by atoms with van der Waals surface area (Å²) in [6.07, 6.45) is 0. The van der Waals surface area contributed by atoms with Gasteiger partial charge >= 0.3 is 0 Å². The van der Waals surface area contributed by atoms with Crippen LogP contribution in [0.4, 0.5) is 0 Å². The third-order valence-corrected chi connectivity index (χ3v) is 2.24. The summed E-state index contributed by atoms with van der Waals surface area (Å²) < 4.78 is 23.9. The first-order valence-corrected chi connectivity index (χ1v) is 4.77. The Hall–Kier alpha value is -0.620. The van der Waals surface area contributed by atoms with E-state index in [0.717, 1.165) is 0 Å². The molecule has 0 rings (SSSR count). The van der Waals surface area contributed by atoms with Crippen LogP contribution in [-0.4, -0.2) is 26.1 Å². The molecule has 0 radical (unpaired) electrons. The van der Waals surface area contributed by atoms with E-state index < -0.39 is 21.7 Å². The highest BCUT2D eigenvalue weighted by molar-refractivity contribution is 7.90. The maximum Gasteiger partial charge on any atom is 0.234 e. The monoisotopic (exact) mass is 180 g/mol. The van der Waals surface area contributed by atoms with Crippen LogP contribution < -0.4 is 10.5 Å². The van der Waals surface area contributed by atoms with Gasteiger partial charge in [0.25, 0.3) is 0 Å². The van der Waals surface area contributed by atoms with Crippen molar-refractivity contribution < 1.29 is 13.2 Å². The van der Waals surface area contributed by atoms with Crippen molar-refractivity contribution in [3.05, 3.63) is 0 Å². The van der Waals surface area contributed by atoms with Gasteiger partial charge in [-0.2, -0.15) is 0 Å². The average Bonchev–Trinajstić information content (AvgIpc) is 1.53. The smallest absolute Gasteiger partial charge is 0.234 e. The summed E-state index contributed by atoms with van der Waals surface area (Å²) in [4.78, 5) is 10.2. The number of sulfonamides is 1. The van der Waals surface area contributed by atoms with Crippen molar-refractivity contribution in [1.82, 2.24) is 4.72 Å². The molecular weight excluding hydrogens is 168 g/mol. The summed E-state index contributed by atoms with van der Waals surface area (Å²) in [6, 6.07) is -0.209. The molecule has 0 aliphatic carbocycles. The van der Waals surface area contributed by atoms with Crippen LogP contribution in [0, 0.1) is 0 Å². The van der Waals surface area contributed by atoms with Gasteiger partial charge < -0.3 is 5.73 Å². The third kappa shape index (κ3) is 5.81. The molecule has 0 aliphatic heterocycles. The van der Waals surface area contributed by atoms with Crippen LogP contribution in [0.5, 0.6) is 0 Å². The van der Waals surface area contributed by atoms with Crippen molar-refractivity contribution in [3.63, 3.8) is 0 Å². The lowest BCUT2D eigenvalue weighted by molar-refractivity contribution is -0.115. The van der Waals surface area contributed by atoms with E-state index in [9.17, 15) is 13.2 Å². The van der Waals surface area contributed by atoms with Crippen LogP contribution in [0.1, 0.15) is 13.8 Å². The predicted molar refractivity (Wildman–Crippen MR) is 41.3 cm³/mol. The van der Waals surface area contributed by atoms with Gasteiger partial charge in [-0.25, -0.2) is 13.1 Å². The van der Waals surface area contributed by atoms with Gasteiger partial charge in [-0.05, 0) is 13.8 Å². The first-order chi connectivity index (χ1) is 4.83. The Kier molecular flexibility index (Phi) is 3.47. The highest BCUT2D eigenvalue weighted by atomic mass is 32.2. The minimum absolute atomic E-state index is 0.209. The number of hydrogen-bond acceptors (Lipinski definition) is 3. The summed E-state index contributed by atoms with van der Waals surface area (Å²) >= 11 is 0. The summed E-state index contributed by atoms with van der Waals surface area (Å²) in [5.41, 5.74) is 4.70. The second-order valence-electron chi connectivity index (χ2n) is 2.50. The summed E-state index contributed by atoms with van der Waals surface area (Å²) in [5.74, 6) is -1.50. The molecule has 0 bridgehead atoms. The fraction of sp³-hybridized carbons (Fsp3) is 0.800. The molecule has 11 heavy (non-hydrogen) atoms. The normalized spacial score (nSPS) is 11.9. The zero-order valence-corrected chi connectivity index (χ0v) is 7.31. The van der Waals surface area contributed by atoms with Gasteiger partial charge in [-0.1, -0.05) is 0 Å². The van der Waals surface area contributed by atoms with E-state index >= 15 is 0 Å². The molecule has 66 valence electrons. The number of hydrogen-bond donors (Lipinski definition) is 2. The molecule has 3 N–H and O–H groups in total. The highest BCUT2D eigenvalue weighted by Gasteiger charge is 2.14. The van der Waals surface area contributed by atoms with Crippen LogP contribution in [-0.2, 0) is 14.8 Å². The molecule has 5 nitrogen and oxygen atoms in total. The van der Waals surface area contributed by atoms with Gasteiger partial charge in [0.05, 0.1) is 0 Å². The Labute approximate surface area is 66.0 Å². The lowest BCUT2D eigenvalue weighted by Gasteiger charge is -2.06. The van der Waals surface area contributed by atoms with Crippen LogP contribution in [0.3, 0.4) is 0 Å². The van der Waals surface area contributed by atoms with Gasteiger partial charge in [0.1, 0.15) is 5.75 Å². The van der Waals surface area contributed by atoms with Crippen molar-refractivity contribution in [2.45, 2.75) is 19.9 Å². The predicted octanol–water partition coefficient (Wildman–Crippen LogP) is -1.20. The number of nitrogens with two attached hydrogens (primary N) is 1. The Bertz CT molecular complexity index is 232. The van der Waals surface area contributed by atoms with E-state index in [1.807, 2.05) is 0 Å². The van der Waals surface area contributed by atoms with E-state index in [1.54, 1.807) is 13.8 Å². The van der Waals surface area contributed by atoms with Crippen molar-refractivity contribution in [3.8, 4) is 0 Å². The zero-order chi connectivity index (χ0) is 9.07. The number of carbonyl (C=O) groups is 1. The highest BCUT2D eigenvalue weighted by Crippen LogP contribution is 1.86. The summed E-state index contributed by atoms with van der Waals surface area (Å²) in [5, 5.41) is 0. The summed E-state index contributed by atoms with van der Waals surface area (Å²) in [7, 11) is -3.50. The molecule has 0 aliphatic rings. The van der Waals surface area contributed by atoms with E-state index in [0.29, 0.717) is 0 Å². The maximum absolute atomic E-state index is 10.8. The standard InChI is InChI=1S/C5H12N2O3S/c1-4(2)7-11(9,10)3-5(6)8/h4,7H,3H2,1-2H3,(H2,6,8). The van der Waals surface area contributed by atoms with Gasteiger partial charge in [0, 0.05) is 6.04 Å². The molecule has 0 unspecified atom stereocenters. The number of primary amides is 1. The van der Waals surface area contributed by atoms with Crippen molar-refractivity contribution in [2.75, 3.05) is 5.75 Å². The van der Waals surface area contributed by atoms with Crippen LogP contribution >= 0.6 is 0 Å². The Morgan fingerprint density at radius 1 is 1.55 bits per heavy atom. The van der Waals surface area contributed by atoms with E-state index in [4.69, 9.17) is 5.73 Å². The Balaban J connectivity index is 4.14. The fourth-order valence-electron chi connectivity index (χ4n) is 0.588. The first kappa shape index (κ1) is 10.4. The van der Waals surface area contributed by atoms with Gasteiger partial charge in [0.2, 0.25) is 15.9 Å². The lowest BCUT2D eigenvalue weighted by Crippen LogP contribution is -2.36. The Morgan fingerprint density at radius 2 is 2.00 bits per heavy atom. The molecule has 0 aromatic rings. The van der Waals surface area contributed by atoms with Crippen LogP contribution in [0.25, 0.3) is 0 Å². The van der Waals surface area contributed by atoms with Crippen molar-refractivity contribution in [1.29, 1.82) is 0 Å². The molecule has 6 heteroatoms. The second kappa shape index (κ2) is 3.68. The topological polar surface area (TPSA) is 89.3 Å². The number of rotatable bonds is 4. The number of amides is 1. The second-order valence-corrected chi connectivity index (χ2v) is 4.25. The Morgan fingerprint density at radius 3 is 2.27 bits per heavy atom. The van der Waals surface area contributed by atoms with Crippen LogP contribution in [0.2, 0.25) is 0 Å². The minimum Gasteiger partial charge on any atom is -0.369 e. The molecule has 1 amide bonds. The lowest BCUT2D eigenvalue weighted by atomic mass is 10.4. The SMILES string of the molecule is CC(C)NS(=O)(=O)CC(N)=O. The van der Waals surface area contributed by atoms with E-state index in [-0.39, 0.29) is 6.04 Å². The van der Waals surface area contributed by atoms with Crippen molar-refractivity contribution >= 4 is 15.9 Å². The zero-order valence-electron chi connectivity index (χ0n) is 6.49. The molecule has 0 saturated carbocycles. The minimum atomic E-state index is -3.50. The molecular formula is C5H12N2O3S. The van der Waals surface area contributed by atoms with E-state index in [2.05, 4.69) is 4.72 Å². The molecule has 0 atom stereocenters.